The van der Waals surface area contributed by atoms with Crippen LogP contribution in [-0.4, -0.2) is 29.3 Å². The van der Waals surface area contributed by atoms with E-state index >= 15 is 0 Å². The number of hydrogen-bond acceptors (Lipinski definition) is 7. The normalized spacial score (nSPS) is 17.7. The Morgan fingerprint density at radius 3 is 2.61 bits per heavy atom. The third-order valence-corrected chi connectivity index (χ3v) is 7.22. The van der Waals surface area contributed by atoms with Crippen molar-refractivity contribution in [1.82, 2.24) is 0 Å². The number of carbonyl (C=O) groups excluding carboxylic acids is 2. The number of aliphatic imine (C=N–C) groups is 1. The molecule has 33 heavy (non-hydrogen) atoms. The lowest BCUT2D eigenvalue weighted by atomic mass is 9.83. The first-order valence-corrected chi connectivity index (χ1v) is 12.2. The topological polar surface area (TPSA) is 91.5 Å². The summed E-state index contributed by atoms with van der Waals surface area (Å²) in [6, 6.07) is 11.9. The first kappa shape index (κ1) is 24.5. The minimum atomic E-state index is -0.698. The molecule has 8 heteroatoms. The predicted molar refractivity (Wildman–Crippen MR) is 134 cm³/mol. The van der Waals surface area contributed by atoms with E-state index in [-0.39, 0.29) is 18.3 Å². The zero-order valence-corrected chi connectivity index (χ0v) is 20.4. The first-order valence-electron chi connectivity index (χ1n) is 10.4. The van der Waals surface area contributed by atoms with Gasteiger partial charge in [0.05, 0.1) is 22.4 Å². The number of esters is 1. The summed E-state index contributed by atoms with van der Waals surface area (Å²) in [5.74, 6) is -1.79. The number of thioether (sulfide) groups is 1. The average molecular weight is 480 g/mol. The Morgan fingerprint density at radius 1 is 1.27 bits per heavy atom. The molecule has 1 N–H and O–H groups in total. The second-order valence-corrected chi connectivity index (χ2v) is 9.51. The number of para-hydroxylation sites is 1. The molecule has 2 atom stereocenters. The van der Waals surface area contributed by atoms with Gasteiger partial charge in [-0.1, -0.05) is 48.7 Å². The van der Waals surface area contributed by atoms with Crippen LogP contribution in [0.2, 0.25) is 0 Å². The summed E-state index contributed by atoms with van der Waals surface area (Å²) in [6.07, 6.45) is 1.50. The lowest BCUT2D eigenvalue weighted by molar-refractivity contribution is -0.138. The lowest BCUT2D eigenvalue weighted by Crippen LogP contribution is -2.30. The maximum absolute atomic E-state index is 12.8. The molecular weight excluding hydrogens is 454 g/mol. The molecule has 2 aromatic rings. The number of rotatable bonds is 7. The molecule has 1 amide bonds. The minimum absolute atomic E-state index is 0.0772. The van der Waals surface area contributed by atoms with E-state index in [1.165, 1.54) is 29.2 Å². The van der Waals surface area contributed by atoms with Crippen LogP contribution in [0.4, 0.5) is 5.69 Å². The third-order valence-electron chi connectivity index (χ3n) is 5.22. The van der Waals surface area contributed by atoms with Gasteiger partial charge in [-0.2, -0.15) is 5.26 Å². The summed E-state index contributed by atoms with van der Waals surface area (Å²) in [6.45, 7) is 9.28. The quantitative estimate of drug-likeness (QED) is 0.425. The third kappa shape index (κ3) is 5.62. The monoisotopic (exact) mass is 479 g/mol. The summed E-state index contributed by atoms with van der Waals surface area (Å²) < 4.78 is 5.28. The van der Waals surface area contributed by atoms with E-state index in [0.717, 1.165) is 21.7 Å². The molecule has 0 bridgehead atoms. The van der Waals surface area contributed by atoms with Crippen molar-refractivity contribution >= 4 is 45.7 Å². The smallest absolute Gasteiger partial charge is 0.336 e. The average Bonchev–Trinajstić information content (AvgIpc) is 3.32. The van der Waals surface area contributed by atoms with Gasteiger partial charge < -0.3 is 10.1 Å². The Morgan fingerprint density at radius 2 is 2.00 bits per heavy atom. The second-order valence-electron chi connectivity index (χ2n) is 7.54. The van der Waals surface area contributed by atoms with Crippen molar-refractivity contribution in [3.05, 3.63) is 75.6 Å². The number of allylic oxidation sites excluding steroid dienone is 1. The van der Waals surface area contributed by atoms with Gasteiger partial charge in [0.25, 0.3) is 0 Å². The van der Waals surface area contributed by atoms with Crippen LogP contribution in [0.15, 0.2) is 64.6 Å². The van der Waals surface area contributed by atoms with E-state index in [0.29, 0.717) is 16.3 Å². The van der Waals surface area contributed by atoms with E-state index in [1.807, 2.05) is 49.6 Å². The van der Waals surface area contributed by atoms with Crippen LogP contribution in [0.1, 0.15) is 28.8 Å². The van der Waals surface area contributed by atoms with E-state index in [9.17, 15) is 14.9 Å². The van der Waals surface area contributed by atoms with Gasteiger partial charge in [0, 0.05) is 22.2 Å². The van der Waals surface area contributed by atoms with Crippen molar-refractivity contribution in [1.29, 1.82) is 5.26 Å². The number of aryl methyl sites for hydroxylation is 2. The highest BCUT2D eigenvalue weighted by Crippen LogP contribution is 2.43. The molecule has 0 saturated heterocycles. The van der Waals surface area contributed by atoms with E-state index < -0.39 is 17.8 Å². The van der Waals surface area contributed by atoms with Crippen molar-refractivity contribution in [3.8, 4) is 6.07 Å². The highest BCUT2D eigenvalue weighted by molar-refractivity contribution is 8.14. The Hall–Kier alpha value is -3.15. The molecule has 1 aliphatic rings. The predicted octanol–water partition coefficient (Wildman–Crippen LogP) is 5.38. The molecule has 0 spiro atoms. The molecule has 0 fully saturated rings. The molecule has 2 heterocycles. The zero-order chi connectivity index (χ0) is 24.0. The Kier molecular flexibility index (Phi) is 8.26. The molecule has 0 saturated carbocycles. The van der Waals surface area contributed by atoms with Gasteiger partial charge in [-0.3, -0.25) is 4.79 Å². The highest BCUT2D eigenvalue weighted by Gasteiger charge is 2.40. The number of carbonyl (C=O) groups is 2. The number of hydrogen-bond donors (Lipinski definition) is 1. The molecule has 3 rings (SSSR count). The first-order chi connectivity index (χ1) is 15.9. The number of ether oxygens (including phenoxy) is 1. The Bertz CT molecular complexity index is 1140. The fourth-order valence-corrected chi connectivity index (χ4v) is 5.46. The molecule has 6 nitrogen and oxygen atoms in total. The van der Waals surface area contributed by atoms with Crippen molar-refractivity contribution in [2.45, 2.75) is 26.7 Å². The van der Waals surface area contributed by atoms with Gasteiger partial charge in [0.15, 0.2) is 0 Å². The van der Waals surface area contributed by atoms with Gasteiger partial charge >= 0.3 is 5.97 Å². The molecule has 1 aromatic heterocycles. The van der Waals surface area contributed by atoms with Crippen molar-refractivity contribution in [2.24, 2.45) is 10.9 Å². The zero-order valence-electron chi connectivity index (χ0n) is 18.8. The van der Waals surface area contributed by atoms with Gasteiger partial charge in [0.1, 0.15) is 12.5 Å². The summed E-state index contributed by atoms with van der Waals surface area (Å²) in [7, 11) is 0. The van der Waals surface area contributed by atoms with Crippen LogP contribution in [0.3, 0.4) is 0 Å². The maximum Gasteiger partial charge on any atom is 0.336 e. The summed E-state index contributed by atoms with van der Waals surface area (Å²) in [4.78, 5) is 30.9. The fraction of sp³-hybridized carbons (Fsp3) is 0.280. The van der Waals surface area contributed by atoms with Gasteiger partial charge in [0.2, 0.25) is 5.91 Å². The van der Waals surface area contributed by atoms with Crippen molar-refractivity contribution in [2.75, 3.05) is 17.7 Å². The Labute approximate surface area is 202 Å². The van der Waals surface area contributed by atoms with Crippen LogP contribution in [0.25, 0.3) is 0 Å². The van der Waals surface area contributed by atoms with Gasteiger partial charge in [-0.15, -0.1) is 11.3 Å². The number of nitrogens with zero attached hydrogens (tertiary/aromatic N) is 2. The minimum Gasteiger partial charge on any atom is -0.458 e. The highest BCUT2D eigenvalue weighted by atomic mass is 32.2. The Balaban J connectivity index is 1.86. The van der Waals surface area contributed by atoms with Crippen molar-refractivity contribution in [3.63, 3.8) is 0 Å². The largest absolute Gasteiger partial charge is 0.458 e. The van der Waals surface area contributed by atoms with Crippen molar-refractivity contribution < 1.29 is 14.3 Å². The molecule has 0 aliphatic carbocycles. The van der Waals surface area contributed by atoms with E-state index in [1.54, 1.807) is 6.92 Å². The molecular formula is C25H25N3O3S2. The standard InChI is InChI=1S/C25H25N3O3S2/c1-5-11-31-25(30)21-17(4)27-24(18(13-26)22(21)19-10-7-12-32-19)33-14-20(29)28-23-15(2)8-6-9-16(23)3/h5-10,12,18,22H,1,11,14H2,2-4H3,(H,28,29). The van der Waals surface area contributed by atoms with Crippen LogP contribution < -0.4 is 5.32 Å². The number of thiophene rings is 1. The second kappa shape index (κ2) is 11.1. The van der Waals surface area contributed by atoms with Gasteiger partial charge in [-0.05, 0) is 43.3 Å². The number of nitrogens with one attached hydrogen (secondary N) is 1. The summed E-state index contributed by atoms with van der Waals surface area (Å²) in [5, 5.41) is 15.4. The molecule has 1 aromatic carbocycles. The molecule has 2 unspecified atom stereocenters. The van der Waals surface area contributed by atoms with Crippen LogP contribution >= 0.6 is 23.1 Å². The van der Waals surface area contributed by atoms with E-state index in [4.69, 9.17) is 4.74 Å². The van der Waals surface area contributed by atoms with Crippen LogP contribution in [-0.2, 0) is 14.3 Å². The maximum atomic E-state index is 12.8. The number of benzene rings is 1. The summed E-state index contributed by atoms with van der Waals surface area (Å²) in [5.41, 5.74) is 3.63. The molecule has 170 valence electrons. The van der Waals surface area contributed by atoms with Crippen LogP contribution in [0, 0.1) is 31.1 Å². The molecule has 0 radical (unpaired) electrons. The fourth-order valence-electron chi connectivity index (χ4n) is 3.67. The van der Waals surface area contributed by atoms with E-state index in [2.05, 4.69) is 23.0 Å². The lowest BCUT2D eigenvalue weighted by Gasteiger charge is -2.28. The number of amides is 1. The number of nitriles is 1. The van der Waals surface area contributed by atoms with Gasteiger partial charge in [-0.25, -0.2) is 9.79 Å². The van der Waals surface area contributed by atoms with Crippen LogP contribution in [0.5, 0.6) is 0 Å². The number of anilines is 1. The summed E-state index contributed by atoms with van der Waals surface area (Å²) >= 11 is 2.69. The SMILES string of the molecule is C=CCOC(=O)C1=C(C)N=C(SCC(=O)Nc2c(C)cccc2C)C(C#N)C1c1cccs1. The molecule has 1 aliphatic heterocycles.